The van der Waals surface area contributed by atoms with Gasteiger partial charge in [0.05, 0.1) is 6.61 Å². The Morgan fingerprint density at radius 2 is 2.22 bits per heavy atom. The third-order valence-corrected chi connectivity index (χ3v) is 3.68. The molecular weight excluding hydrogens is 234 g/mol. The monoisotopic (exact) mass is 257 g/mol. The van der Waals surface area contributed by atoms with E-state index in [0.717, 1.165) is 6.42 Å². The molecule has 0 aromatic rings. The number of oxime groups is 1. The van der Waals surface area contributed by atoms with Gasteiger partial charge in [-0.2, -0.15) is 0 Å². The molecule has 0 heterocycles. The van der Waals surface area contributed by atoms with Gasteiger partial charge in [-0.3, -0.25) is 4.79 Å². The zero-order valence-corrected chi connectivity index (χ0v) is 11.3. The van der Waals surface area contributed by atoms with Gasteiger partial charge in [-0.15, -0.1) is 0 Å². The van der Waals surface area contributed by atoms with Crippen LogP contribution in [0, 0.1) is 5.41 Å². The van der Waals surface area contributed by atoms with Gasteiger partial charge >= 0.3 is 0 Å². The van der Waals surface area contributed by atoms with E-state index in [1.165, 1.54) is 0 Å². The molecule has 18 heavy (non-hydrogen) atoms. The summed E-state index contributed by atoms with van der Waals surface area (Å²) < 4.78 is 5.03. The van der Waals surface area contributed by atoms with E-state index in [9.17, 15) is 4.79 Å². The number of nitrogens with zero attached hydrogens (tertiary/aromatic N) is 2. The molecule has 6 heteroatoms. The second kappa shape index (κ2) is 6.04. The highest BCUT2D eigenvalue weighted by molar-refractivity contribution is 6.09. The first-order valence-corrected chi connectivity index (χ1v) is 6.31. The van der Waals surface area contributed by atoms with Crippen molar-refractivity contribution in [3.8, 4) is 0 Å². The van der Waals surface area contributed by atoms with Crippen LogP contribution in [-0.2, 0) is 9.53 Å². The summed E-state index contributed by atoms with van der Waals surface area (Å²) in [6.45, 7) is 5.05. The Morgan fingerprint density at radius 3 is 2.61 bits per heavy atom. The van der Waals surface area contributed by atoms with Crippen LogP contribution >= 0.6 is 0 Å². The Bertz CT molecular complexity index is 327. The zero-order chi connectivity index (χ0) is 13.8. The molecule has 1 atom stereocenters. The SMILES string of the molecule is CCC(C)N(CCOC)C(=O)C1(C(N)=NO)CC1. The van der Waals surface area contributed by atoms with Gasteiger partial charge in [0.1, 0.15) is 5.41 Å². The van der Waals surface area contributed by atoms with Crippen LogP contribution in [0.15, 0.2) is 5.16 Å². The van der Waals surface area contributed by atoms with Crippen molar-refractivity contribution < 1.29 is 14.7 Å². The first-order chi connectivity index (χ1) is 8.53. The maximum Gasteiger partial charge on any atom is 0.236 e. The third kappa shape index (κ3) is 2.75. The molecule has 1 amide bonds. The van der Waals surface area contributed by atoms with Crippen molar-refractivity contribution in [1.29, 1.82) is 0 Å². The first kappa shape index (κ1) is 14.8. The third-order valence-electron chi connectivity index (χ3n) is 3.68. The van der Waals surface area contributed by atoms with Crippen LogP contribution in [0.4, 0.5) is 0 Å². The van der Waals surface area contributed by atoms with Gasteiger partial charge in [0.15, 0.2) is 5.84 Å². The summed E-state index contributed by atoms with van der Waals surface area (Å²) in [4.78, 5) is 14.3. The minimum atomic E-state index is -0.772. The van der Waals surface area contributed by atoms with Crippen molar-refractivity contribution in [2.24, 2.45) is 16.3 Å². The Balaban J connectivity index is 2.82. The van der Waals surface area contributed by atoms with Crippen molar-refractivity contribution >= 4 is 11.7 Å². The van der Waals surface area contributed by atoms with Crippen molar-refractivity contribution in [2.45, 2.75) is 39.2 Å². The number of rotatable bonds is 7. The predicted molar refractivity (Wildman–Crippen MR) is 68.4 cm³/mol. The van der Waals surface area contributed by atoms with Gasteiger partial charge < -0.3 is 20.6 Å². The van der Waals surface area contributed by atoms with E-state index in [-0.39, 0.29) is 17.8 Å². The smallest absolute Gasteiger partial charge is 0.236 e. The molecule has 0 aromatic heterocycles. The highest BCUT2D eigenvalue weighted by Crippen LogP contribution is 2.47. The molecule has 1 rings (SSSR count). The molecule has 104 valence electrons. The number of amidine groups is 1. The largest absolute Gasteiger partial charge is 0.409 e. The molecule has 3 N–H and O–H groups in total. The van der Waals surface area contributed by atoms with Crippen molar-refractivity contribution in [2.75, 3.05) is 20.3 Å². The van der Waals surface area contributed by atoms with E-state index in [0.29, 0.717) is 26.0 Å². The lowest BCUT2D eigenvalue weighted by Crippen LogP contribution is -2.48. The molecule has 0 bridgehead atoms. The second-order valence-corrected chi connectivity index (χ2v) is 4.82. The fourth-order valence-corrected chi connectivity index (χ4v) is 2.01. The summed E-state index contributed by atoms with van der Waals surface area (Å²) in [5.41, 5.74) is 4.87. The van der Waals surface area contributed by atoms with Gasteiger partial charge in [-0.25, -0.2) is 0 Å². The summed E-state index contributed by atoms with van der Waals surface area (Å²) in [5, 5.41) is 11.8. The molecule has 0 spiro atoms. The van der Waals surface area contributed by atoms with E-state index < -0.39 is 5.41 Å². The van der Waals surface area contributed by atoms with E-state index in [2.05, 4.69) is 5.16 Å². The van der Waals surface area contributed by atoms with Gasteiger partial charge in [0.25, 0.3) is 0 Å². The molecule has 0 aliphatic heterocycles. The average Bonchev–Trinajstić information content (AvgIpc) is 3.19. The standard InChI is InChI=1S/C12H23N3O3/c1-4-9(2)15(7-8-18-3)11(16)12(5-6-12)10(13)14-17/h9,17H,4-8H2,1-3H3,(H2,13,14). The van der Waals surface area contributed by atoms with Gasteiger partial charge in [0, 0.05) is 19.7 Å². The van der Waals surface area contributed by atoms with E-state index in [4.69, 9.17) is 15.7 Å². The molecule has 1 fully saturated rings. The lowest BCUT2D eigenvalue weighted by Gasteiger charge is -2.31. The van der Waals surface area contributed by atoms with Crippen LogP contribution in [0.2, 0.25) is 0 Å². The molecule has 0 aromatic carbocycles. The summed E-state index contributed by atoms with van der Waals surface area (Å²) in [6, 6.07) is 0.122. The lowest BCUT2D eigenvalue weighted by atomic mass is 10.0. The van der Waals surface area contributed by atoms with Gasteiger partial charge in [-0.05, 0) is 26.2 Å². The van der Waals surface area contributed by atoms with Gasteiger partial charge in [0.2, 0.25) is 5.91 Å². The minimum Gasteiger partial charge on any atom is -0.409 e. The Hall–Kier alpha value is -1.30. The van der Waals surface area contributed by atoms with Crippen LogP contribution in [0.5, 0.6) is 0 Å². The molecule has 0 radical (unpaired) electrons. The van der Waals surface area contributed by atoms with E-state index >= 15 is 0 Å². The zero-order valence-electron chi connectivity index (χ0n) is 11.3. The number of carbonyl (C=O) groups is 1. The highest BCUT2D eigenvalue weighted by Gasteiger charge is 2.56. The average molecular weight is 257 g/mol. The Morgan fingerprint density at radius 1 is 1.61 bits per heavy atom. The first-order valence-electron chi connectivity index (χ1n) is 6.31. The van der Waals surface area contributed by atoms with Crippen molar-refractivity contribution in [3.63, 3.8) is 0 Å². The van der Waals surface area contributed by atoms with Crippen LogP contribution < -0.4 is 5.73 Å². The van der Waals surface area contributed by atoms with Crippen LogP contribution in [0.1, 0.15) is 33.1 Å². The second-order valence-electron chi connectivity index (χ2n) is 4.82. The number of nitrogens with two attached hydrogens (primary N) is 1. The number of ether oxygens (including phenoxy) is 1. The quantitative estimate of drug-likeness (QED) is 0.305. The van der Waals surface area contributed by atoms with Crippen LogP contribution in [0.3, 0.4) is 0 Å². The topological polar surface area (TPSA) is 88.2 Å². The molecule has 1 aliphatic carbocycles. The predicted octanol–water partition coefficient (Wildman–Crippen LogP) is 0.787. The highest BCUT2D eigenvalue weighted by atomic mass is 16.5. The molecule has 6 nitrogen and oxygen atoms in total. The number of hydrogen-bond donors (Lipinski definition) is 2. The summed E-state index contributed by atoms with van der Waals surface area (Å²) in [5.74, 6) is -0.0255. The fraction of sp³-hybridized carbons (Fsp3) is 0.833. The molecule has 1 unspecified atom stereocenters. The molecule has 0 saturated heterocycles. The van der Waals surface area contributed by atoms with E-state index in [1.807, 2.05) is 13.8 Å². The molecule has 1 saturated carbocycles. The molecular formula is C12H23N3O3. The molecule has 1 aliphatic rings. The van der Waals surface area contributed by atoms with Crippen LogP contribution in [-0.4, -0.2) is 48.2 Å². The number of amides is 1. The summed E-state index contributed by atoms with van der Waals surface area (Å²) >= 11 is 0. The summed E-state index contributed by atoms with van der Waals surface area (Å²) in [7, 11) is 1.61. The Kier molecular flexibility index (Phi) is 4.95. The maximum absolute atomic E-state index is 12.5. The maximum atomic E-state index is 12.5. The van der Waals surface area contributed by atoms with Gasteiger partial charge in [-0.1, -0.05) is 12.1 Å². The van der Waals surface area contributed by atoms with E-state index in [1.54, 1.807) is 12.0 Å². The minimum absolute atomic E-state index is 0.0261. The number of hydrogen-bond acceptors (Lipinski definition) is 4. The van der Waals surface area contributed by atoms with Crippen LogP contribution in [0.25, 0.3) is 0 Å². The number of methoxy groups -OCH3 is 1. The summed E-state index contributed by atoms with van der Waals surface area (Å²) in [6.07, 6.45) is 2.17. The Labute approximate surface area is 108 Å². The fourth-order valence-electron chi connectivity index (χ4n) is 2.01. The normalized spacial score (nSPS) is 19.4. The number of carbonyl (C=O) groups excluding carboxylic acids is 1. The lowest BCUT2D eigenvalue weighted by molar-refractivity contribution is -0.137. The van der Waals surface area contributed by atoms with Crippen molar-refractivity contribution in [1.82, 2.24) is 4.90 Å². The van der Waals surface area contributed by atoms with Crippen molar-refractivity contribution in [3.05, 3.63) is 0 Å².